The summed E-state index contributed by atoms with van der Waals surface area (Å²) in [6, 6.07) is 24.4. The Bertz CT molecular complexity index is 1370. The quantitative estimate of drug-likeness (QED) is 0.424. The number of rotatable bonds is 7. The smallest absolute Gasteiger partial charge is 0.262 e. The number of hydrogen-bond acceptors (Lipinski definition) is 4. The van der Waals surface area contributed by atoms with E-state index in [4.69, 9.17) is 4.74 Å². The van der Waals surface area contributed by atoms with Crippen LogP contribution in [0.3, 0.4) is 0 Å². The van der Waals surface area contributed by atoms with Gasteiger partial charge in [-0.1, -0.05) is 42.5 Å². The van der Waals surface area contributed by atoms with E-state index < -0.39 is 21.7 Å². The van der Waals surface area contributed by atoms with Crippen molar-refractivity contribution in [3.05, 3.63) is 96.8 Å². The van der Waals surface area contributed by atoms with Gasteiger partial charge in [-0.2, -0.15) is 0 Å². The number of nitrogens with one attached hydrogen (secondary N) is 2. The monoisotopic (exact) mass is 450 g/mol. The molecule has 162 valence electrons. The fraction of sp³-hybridized carbons (Fsp3) is 0.0417. The van der Waals surface area contributed by atoms with Gasteiger partial charge in [-0.05, 0) is 59.3 Å². The molecule has 0 saturated carbocycles. The van der Waals surface area contributed by atoms with Crippen molar-refractivity contribution in [1.82, 2.24) is 0 Å². The summed E-state index contributed by atoms with van der Waals surface area (Å²) in [5, 5.41) is 4.73. The Balaban J connectivity index is 1.36. The van der Waals surface area contributed by atoms with Gasteiger partial charge in [0.15, 0.2) is 6.61 Å². The minimum Gasteiger partial charge on any atom is -0.484 e. The van der Waals surface area contributed by atoms with Crippen LogP contribution in [0.5, 0.6) is 5.75 Å². The molecule has 2 N–H and O–H groups in total. The number of fused-ring (bicyclic) bond motifs is 1. The molecule has 0 fully saturated rings. The molecule has 0 aromatic heterocycles. The van der Waals surface area contributed by atoms with Crippen molar-refractivity contribution in [2.24, 2.45) is 0 Å². The van der Waals surface area contributed by atoms with E-state index in [-0.39, 0.29) is 17.2 Å². The number of halogens is 1. The van der Waals surface area contributed by atoms with Crippen LogP contribution < -0.4 is 14.8 Å². The summed E-state index contributed by atoms with van der Waals surface area (Å²) in [6.45, 7) is -0.201. The van der Waals surface area contributed by atoms with E-state index in [0.717, 1.165) is 16.8 Å². The van der Waals surface area contributed by atoms with Crippen molar-refractivity contribution in [3.8, 4) is 5.75 Å². The number of anilines is 2. The maximum absolute atomic E-state index is 13.7. The Labute approximate surface area is 184 Å². The molecule has 0 aliphatic rings. The first-order chi connectivity index (χ1) is 15.4. The van der Waals surface area contributed by atoms with Gasteiger partial charge in [0.05, 0.1) is 10.6 Å². The zero-order valence-electron chi connectivity index (χ0n) is 16.8. The van der Waals surface area contributed by atoms with Gasteiger partial charge in [0.2, 0.25) is 0 Å². The fourth-order valence-electron chi connectivity index (χ4n) is 3.07. The van der Waals surface area contributed by atoms with Crippen LogP contribution in [0.1, 0.15) is 0 Å². The molecular weight excluding hydrogens is 431 g/mol. The minimum absolute atomic E-state index is 0.0637. The molecule has 0 spiro atoms. The van der Waals surface area contributed by atoms with E-state index in [1.807, 2.05) is 36.4 Å². The molecule has 0 aliphatic heterocycles. The number of benzene rings is 4. The van der Waals surface area contributed by atoms with E-state index in [2.05, 4.69) is 10.0 Å². The first-order valence-corrected chi connectivity index (χ1v) is 11.2. The largest absolute Gasteiger partial charge is 0.484 e. The van der Waals surface area contributed by atoms with Crippen LogP contribution in [-0.2, 0) is 14.8 Å². The zero-order chi connectivity index (χ0) is 22.6. The van der Waals surface area contributed by atoms with Crippen LogP contribution in [0, 0.1) is 5.82 Å². The first-order valence-electron chi connectivity index (χ1n) is 9.70. The highest BCUT2D eigenvalue weighted by Gasteiger charge is 2.16. The summed E-state index contributed by atoms with van der Waals surface area (Å²) >= 11 is 0. The van der Waals surface area contributed by atoms with Gasteiger partial charge < -0.3 is 10.1 Å². The molecule has 0 heterocycles. The van der Waals surface area contributed by atoms with Gasteiger partial charge in [0.1, 0.15) is 11.6 Å². The van der Waals surface area contributed by atoms with Gasteiger partial charge >= 0.3 is 0 Å². The van der Waals surface area contributed by atoms with E-state index >= 15 is 0 Å². The number of para-hydroxylation sites is 1. The second kappa shape index (κ2) is 9.07. The molecule has 0 radical (unpaired) electrons. The van der Waals surface area contributed by atoms with Gasteiger partial charge in [0, 0.05) is 5.69 Å². The van der Waals surface area contributed by atoms with Gasteiger partial charge in [-0.25, -0.2) is 12.8 Å². The highest BCUT2D eigenvalue weighted by molar-refractivity contribution is 7.92. The second-order valence-electron chi connectivity index (χ2n) is 6.96. The summed E-state index contributed by atoms with van der Waals surface area (Å²) in [5.74, 6) is -0.496. The van der Waals surface area contributed by atoms with Crippen molar-refractivity contribution < 1.29 is 22.3 Å². The molecule has 4 rings (SSSR count). The lowest BCUT2D eigenvalue weighted by atomic mass is 10.1. The number of carbonyl (C=O) groups excluding carboxylic acids is 1. The van der Waals surface area contributed by atoms with Crippen LogP contribution in [0.2, 0.25) is 0 Å². The molecule has 0 bridgehead atoms. The summed E-state index contributed by atoms with van der Waals surface area (Å²) < 4.78 is 46.4. The van der Waals surface area contributed by atoms with Gasteiger partial charge in [0.25, 0.3) is 15.9 Å². The number of sulfonamides is 1. The summed E-state index contributed by atoms with van der Waals surface area (Å²) in [6.07, 6.45) is 0. The van der Waals surface area contributed by atoms with E-state index in [1.54, 1.807) is 6.07 Å². The Kier molecular flexibility index (Phi) is 6.04. The average Bonchev–Trinajstić information content (AvgIpc) is 2.79. The molecule has 0 atom stereocenters. The third-order valence-corrected chi connectivity index (χ3v) is 6.04. The van der Waals surface area contributed by atoms with E-state index in [9.17, 15) is 17.6 Å². The van der Waals surface area contributed by atoms with E-state index in [0.29, 0.717) is 11.4 Å². The lowest BCUT2D eigenvalue weighted by Gasteiger charge is -2.11. The number of carbonyl (C=O) groups is 1. The zero-order valence-corrected chi connectivity index (χ0v) is 17.6. The lowest BCUT2D eigenvalue weighted by Crippen LogP contribution is -2.20. The second-order valence-corrected chi connectivity index (χ2v) is 8.64. The molecule has 0 aliphatic carbocycles. The molecule has 1 amide bonds. The molecule has 8 heteroatoms. The lowest BCUT2D eigenvalue weighted by molar-refractivity contribution is -0.118. The average molecular weight is 450 g/mol. The molecule has 0 unspecified atom stereocenters. The predicted octanol–water partition coefficient (Wildman–Crippen LogP) is 4.80. The minimum atomic E-state index is -3.97. The maximum atomic E-state index is 13.7. The Hall–Kier alpha value is -3.91. The van der Waals surface area contributed by atoms with Crippen molar-refractivity contribution in [3.63, 3.8) is 0 Å². The van der Waals surface area contributed by atoms with Gasteiger partial charge in [-0.15, -0.1) is 0 Å². The molecule has 0 saturated heterocycles. The summed E-state index contributed by atoms with van der Waals surface area (Å²) in [7, 11) is -3.97. The molecular formula is C24H19FN2O4S. The number of ether oxygens (including phenoxy) is 1. The molecule has 32 heavy (non-hydrogen) atoms. The highest BCUT2D eigenvalue weighted by Crippen LogP contribution is 2.22. The maximum Gasteiger partial charge on any atom is 0.262 e. The Morgan fingerprint density at radius 2 is 1.53 bits per heavy atom. The van der Waals surface area contributed by atoms with Crippen LogP contribution in [-0.4, -0.2) is 20.9 Å². The van der Waals surface area contributed by atoms with Crippen LogP contribution in [0.25, 0.3) is 10.8 Å². The number of amides is 1. The van der Waals surface area contributed by atoms with Gasteiger partial charge in [-0.3, -0.25) is 9.52 Å². The standard InChI is InChI=1S/C24H19FN2O4S/c25-22-7-3-4-8-23(22)27-32(29,30)21-13-10-19(11-14-21)26-24(28)16-31-20-12-9-17-5-1-2-6-18(17)15-20/h1-15,27H,16H2,(H,26,28). The van der Waals surface area contributed by atoms with Crippen LogP contribution >= 0.6 is 0 Å². The molecule has 6 nitrogen and oxygen atoms in total. The predicted molar refractivity (Wildman–Crippen MR) is 122 cm³/mol. The normalized spacial score (nSPS) is 11.2. The summed E-state index contributed by atoms with van der Waals surface area (Å²) in [4.78, 5) is 12.1. The van der Waals surface area contributed by atoms with Crippen molar-refractivity contribution in [2.75, 3.05) is 16.6 Å². The van der Waals surface area contributed by atoms with Crippen LogP contribution in [0.4, 0.5) is 15.8 Å². The van der Waals surface area contributed by atoms with Crippen LogP contribution in [0.15, 0.2) is 95.9 Å². The SMILES string of the molecule is O=C(COc1ccc2ccccc2c1)Nc1ccc(S(=O)(=O)Nc2ccccc2F)cc1. The van der Waals surface area contributed by atoms with Crippen molar-refractivity contribution in [2.45, 2.75) is 4.90 Å². The van der Waals surface area contributed by atoms with Crippen molar-refractivity contribution in [1.29, 1.82) is 0 Å². The number of hydrogen-bond donors (Lipinski definition) is 2. The third kappa shape index (κ3) is 5.04. The molecule has 4 aromatic carbocycles. The van der Waals surface area contributed by atoms with Crippen molar-refractivity contribution >= 4 is 38.1 Å². The summed E-state index contributed by atoms with van der Waals surface area (Å²) in [5.41, 5.74) is 0.262. The highest BCUT2D eigenvalue weighted by atomic mass is 32.2. The Morgan fingerprint density at radius 3 is 2.28 bits per heavy atom. The third-order valence-electron chi connectivity index (χ3n) is 4.66. The fourth-order valence-corrected chi connectivity index (χ4v) is 4.14. The Morgan fingerprint density at radius 1 is 0.844 bits per heavy atom. The van der Waals surface area contributed by atoms with E-state index in [1.165, 1.54) is 42.5 Å². The first kappa shape index (κ1) is 21.3. The topological polar surface area (TPSA) is 84.5 Å². The molecule has 4 aromatic rings.